The fourth-order valence-electron chi connectivity index (χ4n) is 1.84. The number of hydrogen-bond donors (Lipinski definition) is 1. The van der Waals surface area contributed by atoms with Crippen molar-refractivity contribution in [1.29, 1.82) is 0 Å². The first kappa shape index (κ1) is 14.7. The van der Waals surface area contributed by atoms with Gasteiger partial charge < -0.3 is 14.5 Å². The topological polar surface area (TPSA) is 90.1 Å². The summed E-state index contributed by atoms with van der Waals surface area (Å²) in [6.45, 7) is 0.295. The number of carbonyl (C=O) groups is 1. The third-order valence-electron chi connectivity index (χ3n) is 2.95. The van der Waals surface area contributed by atoms with Gasteiger partial charge >= 0.3 is 6.09 Å². The largest absolute Gasteiger partial charge is 0.445 e. The second-order valence-electron chi connectivity index (χ2n) is 4.63. The maximum atomic E-state index is 11.6. The van der Waals surface area contributed by atoms with Gasteiger partial charge in [-0.2, -0.15) is 0 Å². The molecule has 0 spiro atoms. The first-order chi connectivity index (χ1) is 11.3. The summed E-state index contributed by atoms with van der Waals surface area (Å²) in [6, 6.07) is 14.8. The molecular formula is C16H14N4O3. The van der Waals surface area contributed by atoms with Crippen molar-refractivity contribution in [3.05, 3.63) is 66.2 Å². The van der Waals surface area contributed by atoms with Gasteiger partial charge in [0.05, 0.1) is 6.54 Å². The fraction of sp³-hybridized carbons (Fsp3) is 0.125. The zero-order valence-electron chi connectivity index (χ0n) is 12.2. The Balaban J connectivity index is 1.49. The van der Waals surface area contributed by atoms with Crippen molar-refractivity contribution >= 4 is 6.09 Å². The highest BCUT2D eigenvalue weighted by molar-refractivity contribution is 5.67. The maximum absolute atomic E-state index is 11.6. The van der Waals surface area contributed by atoms with E-state index < -0.39 is 6.09 Å². The molecular weight excluding hydrogens is 296 g/mol. The van der Waals surface area contributed by atoms with Crippen molar-refractivity contribution in [2.75, 3.05) is 0 Å². The molecule has 0 aliphatic heterocycles. The zero-order valence-corrected chi connectivity index (χ0v) is 12.2. The molecule has 0 fully saturated rings. The average molecular weight is 310 g/mol. The van der Waals surface area contributed by atoms with E-state index in [9.17, 15) is 4.79 Å². The lowest BCUT2D eigenvalue weighted by Gasteiger charge is -2.05. The molecule has 0 saturated heterocycles. The number of hydrogen-bond acceptors (Lipinski definition) is 6. The smallest absolute Gasteiger partial charge is 0.407 e. The quantitative estimate of drug-likeness (QED) is 0.779. The molecule has 7 nitrogen and oxygen atoms in total. The van der Waals surface area contributed by atoms with Gasteiger partial charge in [-0.05, 0) is 17.7 Å². The van der Waals surface area contributed by atoms with Crippen LogP contribution < -0.4 is 5.32 Å². The van der Waals surface area contributed by atoms with Gasteiger partial charge in [0.15, 0.2) is 0 Å². The highest BCUT2D eigenvalue weighted by atomic mass is 16.5. The van der Waals surface area contributed by atoms with Crippen molar-refractivity contribution in [1.82, 2.24) is 20.5 Å². The van der Waals surface area contributed by atoms with Crippen molar-refractivity contribution in [3.8, 4) is 11.6 Å². The van der Waals surface area contributed by atoms with Crippen molar-refractivity contribution in [2.24, 2.45) is 0 Å². The molecule has 3 aromatic rings. The molecule has 1 amide bonds. The van der Waals surface area contributed by atoms with Crippen LogP contribution in [0.1, 0.15) is 11.5 Å². The molecule has 23 heavy (non-hydrogen) atoms. The monoisotopic (exact) mass is 310 g/mol. The lowest BCUT2D eigenvalue weighted by atomic mass is 10.2. The van der Waals surface area contributed by atoms with Gasteiger partial charge in [-0.25, -0.2) is 4.79 Å². The Labute approximate surface area is 132 Å². The Morgan fingerprint density at radius 1 is 1.09 bits per heavy atom. The molecule has 0 aliphatic rings. The lowest BCUT2D eigenvalue weighted by molar-refractivity contribution is 0.138. The van der Waals surface area contributed by atoms with Crippen LogP contribution in [0.5, 0.6) is 0 Å². The number of rotatable bonds is 5. The summed E-state index contributed by atoms with van der Waals surface area (Å²) in [6.07, 6.45) is 1.09. The molecule has 1 aromatic carbocycles. The Morgan fingerprint density at radius 2 is 1.91 bits per heavy atom. The predicted molar refractivity (Wildman–Crippen MR) is 81.0 cm³/mol. The Bertz CT molecular complexity index is 759. The van der Waals surface area contributed by atoms with Crippen molar-refractivity contribution in [2.45, 2.75) is 13.2 Å². The second-order valence-corrected chi connectivity index (χ2v) is 4.63. The van der Waals surface area contributed by atoms with E-state index in [2.05, 4.69) is 20.5 Å². The minimum absolute atomic E-state index is 0.0907. The molecule has 0 unspecified atom stereocenters. The first-order valence-electron chi connectivity index (χ1n) is 6.99. The summed E-state index contributed by atoms with van der Waals surface area (Å²) in [5.74, 6) is 0.586. The summed E-state index contributed by atoms with van der Waals surface area (Å²) in [5, 5.41) is 10.3. The second kappa shape index (κ2) is 7.17. The van der Waals surface area contributed by atoms with Crippen LogP contribution in [0.15, 0.2) is 59.1 Å². The molecule has 0 aliphatic carbocycles. The third kappa shape index (κ3) is 4.13. The van der Waals surface area contributed by atoms with Crippen LogP contribution in [0.2, 0.25) is 0 Å². The average Bonchev–Trinajstić information content (AvgIpc) is 3.09. The van der Waals surface area contributed by atoms with Crippen molar-refractivity contribution in [3.63, 3.8) is 0 Å². The van der Waals surface area contributed by atoms with Crippen LogP contribution in [0.4, 0.5) is 4.79 Å². The molecule has 7 heteroatoms. The molecule has 0 saturated carbocycles. The fourth-order valence-corrected chi connectivity index (χ4v) is 1.84. The van der Waals surface area contributed by atoms with Crippen LogP contribution in [0.25, 0.3) is 11.6 Å². The number of pyridine rings is 1. The Kier molecular flexibility index (Phi) is 4.58. The third-order valence-corrected chi connectivity index (χ3v) is 2.95. The van der Waals surface area contributed by atoms with Gasteiger partial charge in [0, 0.05) is 6.20 Å². The normalized spacial score (nSPS) is 10.3. The standard InChI is InChI=1S/C16H14N4O3/c21-16(22-11-12-6-2-1-3-7-12)18-10-14-19-20-15(23-14)13-8-4-5-9-17-13/h1-9H,10-11H2,(H,18,21). The van der Waals surface area contributed by atoms with Gasteiger partial charge in [0.1, 0.15) is 12.3 Å². The molecule has 0 bridgehead atoms. The van der Waals surface area contributed by atoms with E-state index >= 15 is 0 Å². The first-order valence-corrected chi connectivity index (χ1v) is 6.99. The summed E-state index contributed by atoms with van der Waals surface area (Å²) in [7, 11) is 0. The predicted octanol–water partition coefficient (Wildman–Crippen LogP) is 2.56. The highest BCUT2D eigenvalue weighted by Gasteiger charge is 2.10. The van der Waals surface area contributed by atoms with Gasteiger partial charge in [0.2, 0.25) is 5.89 Å². The van der Waals surface area contributed by atoms with E-state index in [1.54, 1.807) is 18.3 Å². The zero-order chi connectivity index (χ0) is 15.9. The van der Waals surface area contributed by atoms with Crippen LogP contribution >= 0.6 is 0 Å². The van der Waals surface area contributed by atoms with Gasteiger partial charge in [-0.1, -0.05) is 36.4 Å². The van der Waals surface area contributed by atoms with E-state index in [4.69, 9.17) is 9.15 Å². The molecule has 2 aromatic heterocycles. The van der Waals surface area contributed by atoms with Crippen LogP contribution in [-0.2, 0) is 17.9 Å². The summed E-state index contributed by atoms with van der Waals surface area (Å²) >= 11 is 0. The summed E-state index contributed by atoms with van der Waals surface area (Å²) in [5.41, 5.74) is 1.50. The number of ether oxygens (including phenoxy) is 1. The Hall–Kier alpha value is -3.22. The van der Waals surface area contributed by atoms with Gasteiger partial charge in [0.25, 0.3) is 5.89 Å². The molecule has 0 atom stereocenters. The van der Waals surface area contributed by atoms with E-state index in [0.717, 1.165) is 5.56 Å². The van der Waals surface area contributed by atoms with Crippen molar-refractivity contribution < 1.29 is 13.9 Å². The summed E-state index contributed by atoms with van der Waals surface area (Å²) in [4.78, 5) is 15.7. The number of amides is 1. The lowest BCUT2D eigenvalue weighted by Crippen LogP contribution is -2.23. The molecule has 2 heterocycles. The summed E-state index contributed by atoms with van der Waals surface area (Å²) < 4.78 is 10.5. The molecule has 116 valence electrons. The molecule has 1 N–H and O–H groups in total. The van der Waals surface area contributed by atoms with Crippen LogP contribution in [-0.4, -0.2) is 21.3 Å². The number of alkyl carbamates (subject to hydrolysis) is 1. The maximum Gasteiger partial charge on any atom is 0.407 e. The molecule has 3 rings (SSSR count). The van der Waals surface area contributed by atoms with Gasteiger partial charge in [-0.15, -0.1) is 10.2 Å². The number of carbonyl (C=O) groups excluding carboxylic acids is 1. The minimum Gasteiger partial charge on any atom is -0.445 e. The minimum atomic E-state index is -0.550. The number of aromatic nitrogens is 3. The van der Waals surface area contributed by atoms with Crippen LogP contribution in [0, 0.1) is 0 Å². The van der Waals surface area contributed by atoms with E-state index in [1.165, 1.54) is 0 Å². The number of benzene rings is 1. The molecule has 0 radical (unpaired) electrons. The number of nitrogens with one attached hydrogen (secondary N) is 1. The van der Waals surface area contributed by atoms with Crippen LogP contribution in [0.3, 0.4) is 0 Å². The van der Waals surface area contributed by atoms with Gasteiger partial charge in [-0.3, -0.25) is 4.98 Å². The van der Waals surface area contributed by atoms with E-state index in [1.807, 2.05) is 36.4 Å². The number of nitrogens with zero attached hydrogens (tertiary/aromatic N) is 3. The SMILES string of the molecule is O=C(NCc1nnc(-c2ccccn2)o1)OCc1ccccc1. The van der Waals surface area contributed by atoms with E-state index in [-0.39, 0.29) is 19.0 Å². The Morgan fingerprint density at radius 3 is 2.70 bits per heavy atom. The highest BCUT2D eigenvalue weighted by Crippen LogP contribution is 2.13. The van der Waals surface area contributed by atoms with E-state index in [0.29, 0.717) is 11.6 Å².